The van der Waals surface area contributed by atoms with Crippen molar-refractivity contribution in [1.29, 1.82) is 0 Å². The lowest BCUT2D eigenvalue weighted by Crippen LogP contribution is -2.32. The molecule has 10 nitrogen and oxygen atoms in total. The van der Waals surface area contributed by atoms with Crippen LogP contribution in [0.4, 0.5) is 11.6 Å². The van der Waals surface area contributed by atoms with Crippen molar-refractivity contribution >= 4 is 11.6 Å². The van der Waals surface area contributed by atoms with Crippen LogP contribution < -0.4 is 10.6 Å². The molecular formula is C20H22N10. The number of nitrogens with one attached hydrogen (secondary N) is 2. The number of hydrogen-bond donors (Lipinski definition) is 2. The van der Waals surface area contributed by atoms with Crippen LogP contribution in [0.25, 0.3) is 11.6 Å². The number of rotatable bonds is 6. The van der Waals surface area contributed by atoms with Crippen LogP contribution in [0.3, 0.4) is 0 Å². The molecule has 0 aromatic carbocycles. The summed E-state index contributed by atoms with van der Waals surface area (Å²) in [6, 6.07) is 4.68. The summed E-state index contributed by atoms with van der Waals surface area (Å²) in [5.74, 6) is 3.28. The van der Waals surface area contributed by atoms with E-state index in [0.29, 0.717) is 12.1 Å². The fourth-order valence-electron chi connectivity index (χ4n) is 3.72. The van der Waals surface area contributed by atoms with Crippen molar-refractivity contribution in [2.45, 2.75) is 37.8 Å². The molecule has 0 spiro atoms. The van der Waals surface area contributed by atoms with Gasteiger partial charge in [0.2, 0.25) is 0 Å². The summed E-state index contributed by atoms with van der Waals surface area (Å²) in [6.45, 7) is 0. The van der Waals surface area contributed by atoms with E-state index in [1.54, 1.807) is 37.7 Å². The average Bonchev–Trinajstić information content (AvgIpc) is 3.50. The molecule has 1 aliphatic carbocycles. The average molecular weight is 402 g/mol. The number of anilines is 2. The molecule has 0 radical (unpaired) electrons. The van der Waals surface area contributed by atoms with Gasteiger partial charge in [0.1, 0.15) is 48.6 Å². The Morgan fingerprint density at radius 1 is 0.667 bits per heavy atom. The molecule has 0 bridgehead atoms. The Hall–Kier alpha value is -3.82. The third-order valence-electron chi connectivity index (χ3n) is 5.27. The van der Waals surface area contributed by atoms with Gasteiger partial charge < -0.3 is 10.6 Å². The minimum absolute atomic E-state index is 0.389. The maximum atomic E-state index is 4.37. The lowest BCUT2D eigenvalue weighted by molar-refractivity contribution is 0.427. The highest BCUT2D eigenvalue weighted by Crippen LogP contribution is 2.24. The maximum absolute atomic E-state index is 4.37. The molecule has 152 valence electrons. The highest BCUT2D eigenvalue weighted by atomic mass is 15.1. The van der Waals surface area contributed by atoms with Crippen LogP contribution in [0.15, 0.2) is 62.2 Å². The summed E-state index contributed by atoms with van der Waals surface area (Å²) in [6.07, 6.45) is 18.1. The fourth-order valence-corrected chi connectivity index (χ4v) is 3.72. The standard InChI is InChI=1S/C20H22N10/c1-2-16(28-18-10-20(26-12-24-18)30-8-6-22-14-30)4-3-15(1)27-17-9-19(25-11-23-17)29-7-5-21-13-29/h5-16H,1-4H2,(H,23,25,27)(H,24,26,28). The molecule has 10 heteroatoms. The quantitative estimate of drug-likeness (QED) is 0.506. The Morgan fingerprint density at radius 3 is 1.53 bits per heavy atom. The normalized spacial score (nSPS) is 18.8. The topological polar surface area (TPSA) is 111 Å². The van der Waals surface area contributed by atoms with Crippen molar-refractivity contribution in [3.63, 3.8) is 0 Å². The van der Waals surface area contributed by atoms with Gasteiger partial charge >= 0.3 is 0 Å². The second-order valence-corrected chi connectivity index (χ2v) is 7.30. The maximum Gasteiger partial charge on any atom is 0.143 e. The van der Waals surface area contributed by atoms with Gasteiger partial charge in [0.15, 0.2) is 0 Å². The largest absolute Gasteiger partial charge is 0.367 e. The molecule has 0 amide bonds. The second-order valence-electron chi connectivity index (χ2n) is 7.30. The first kappa shape index (κ1) is 18.2. The smallest absolute Gasteiger partial charge is 0.143 e. The predicted octanol–water partition coefficient (Wildman–Crippen LogP) is 2.47. The molecule has 0 atom stereocenters. The van der Waals surface area contributed by atoms with Crippen LogP contribution in [0.1, 0.15) is 25.7 Å². The van der Waals surface area contributed by atoms with Gasteiger partial charge in [0.25, 0.3) is 0 Å². The van der Waals surface area contributed by atoms with Crippen LogP contribution in [-0.2, 0) is 0 Å². The van der Waals surface area contributed by atoms with E-state index in [9.17, 15) is 0 Å². The minimum atomic E-state index is 0.389. The molecule has 0 unspecified atom stereocenters. The summed E-state index contributed by atoms with van der Waals surface area (Å²) < 4.78 is 3.74. The zero-order valence-corrected chi connectivity index (χ0v) is 16.3. The van der Waals surface area contributed by atoms with E-state index in [0.717, 1.165) is 49.0 Å². The number of aromatic nitrogens is 8. The molecule has 5 rings (SSSR count). The van der Waals surface area contributed by atoms with Gasteiger partial charge in [-0.2, -0.15) is 0 Å². The van der Waals surface area contributed by atoms with E-state index in [1.165, 1.54) is 0 Å². The van der Waals surface area contributed by atoms with Gasteiger partial charge in [-0.25, -0.2) is 29.9 Å². The molecule has 30 heavy (non-hydrogen) atoms. The van der Waals surface area contributed by atoms with Crippen LogP contribution >= 0.6 is 0 Å². The first-order valence-corrected chi connectivity index (χ1v) is 9.97. The fraction of sp³-hybridized carbons (Fsp3) is 0.300. The molecule has 4 aromatic heterocycles. The van der Waals surface area contributed by atoms with Crippen molar-refractivity contribution in [2.24, 2.45) is 0 Å². The highest BCUT2D eigenvalue weighted by molar-refractivity contribution is 5.43. The van der Waals surface area contributed by atoms with Crippen LogP contribution in [0.2, 0.25) is 0 Å². The van der Waals surface area contributed by atoms with Gasteiger partial charge in [0, 0.05) is 49.0 Å². The highest BCUT2D eigenvalue weighted by Gasteiger charge is 2.22. The van der Waals surface area contributed by atoms with Crippen molar-refractivity contribution in [3.8, 4) is 11.6 Å². The summed E-state index contributed by atoms with van der Waals surface area (Å²) in [4.78, 5) is 25.5. The Bertz CT molecular complexity index is 981. The Morgan fingerprint density at radius 2 is 1.13 bits per heavy atom. The van der Waals surface area contributed by atoms with Crippen LogP contribution in [-0.4, -0.2) is 51.1 Å². The SMILES string of the molecule is c1cn(-c2cc(NC3CCC(Nc4cc(-n5ccnc5)ncn4)CC3)ncn2)cn1. The second kappa shape index (κ2) is 8.27. The van der Waals surface area contributed by atoms with Crippen LogP contribution in [0, 0.1) is 0 Å². The lowest BCUT2D eigenvalue weighted by atomic mass is 9.91. The molecular weight excluding hydrogens is 380 g/mol. The van der Waals surface area contributed by atoms with Crippen LogP contribution in [0.5, 0.6) is 0 Å². The van der Waals surface area contributed by atoms with Crippen molar-refractivity contribution in [3.05, 3.63) is 62.2 Å². The van der Waals surface area contributed by atoms with E-state index in [2.05, 4.69) is 40.5 Å². The van der Waals surface area contributed by atoms with Gasteiger partial charge in [0.05, 0.1) is 0 Å². The van der Waals surface area contributed by atoms with Gasteiger partial charge in [-0.15, -0.1) is 0 Å². The molecule has 0 aliphatic heterocycles. The molecule has 4 heterocycles. The van der Waals surface area contributed by atoms with E-state index < -0.39 is 0 Å². The minimum Gasteiger partial charge on any atom is -0.367 e. The summed E-state index contributed by atoms with van der Waals surface area (Å²) in [5.41, 5.74) is 0. The molecule has 0 saturated heterocycles. The molecule has 1 aliphatic rings. The number of nitrogens with zero attached hydrogens (tertiary/aromatic N) is 8. The first-order chi connectivity index (χ1) is 14.8. The van der Waals surface area contributed by atoms with E-state index in [4.69, 9.17) is 0 Å². The number of hydrogen-bond acceptors (Lipinski definition) is 8. The Balaban J connectivity index is 1.16. The summed E-state index contributed by atoms with van der Waals surface area (Å²) in [5, 5.41) is 7.09. The number of imidazole rings is 2. The third-order valence-corrected chi connectivity index (χ3v) is 5.27. The lowest BCUT2D eigenvalue weighted by Gasteiger charge is -2.30. The van der Waals surface area contributed by atoms with Crippen molar-refractivity contribution in [2.75, 3.05) is 10.6 Å². The Kier molecular flexibility index (Phi) is 5.03. The monoisotopic (exact) mass is 402 g/mol. The zero-order valence-electron chi connectivity index (χ0n) is 16.3. The third kappa shape index (κ3) is 4.12. The van der Waals surface area contributed by atoms with Gasteiger partial charge in [-0.3, -0.25) is 9.13 Å². The molecule has 4 aromatic rings. The molecule has 1 saturated carbocycles. The Labute approximate surface area is 173 Å². The van der Waals surface area contributed by atoms with E-state index in [-0.39, 0.29) is 0 Å². The summed E-state index contributed by atoms with van der Waals surface area (Å²) >= 11 is 0. The van der Waals surface area contributed by atoms with Gasteiger partial charge in [-0.1, -0.05) is 0 Å². The predicted molar refractivity (Wildman–Crippen MR) is 112 cm³/mol. The summed E-state index contributed by atoms with van der Waals surface area (Å²) in [7, 11) is 0. The zero-order chi connectivity index (χ0) is 20.2. The van der Waals surface area contributed by atoms with Gasteiger partial charge in [-0.05, 0) is 25.7 Å². The molecule has 2 N–H and O–H groups in total. The first-order valence-electron chi connectivity index (χ1n) is 9.97. The molecule has 1 fully saturated rings. The van der Waals surface area contributed by atoms with E-state index in [1.807, 2.05) is 33.7 Å². The van der Waals surface area contributed by atoms with Crippen molar-refractivity contribution in [1.82, 2.24) is 39.0 Å². The van der Waals surface area contributed by atoms with E-state index >= 15 is 0 Å². The van der Waals surface area contributed by atoms with Crippen molar-refractivity contribution < 1.29 is 0 Å².